The minimum atomic E-state index is -0.486. The molecule has 0 fully saturated rings. The van der Waals surface area contributed by atoms with Crippen LogP contribution in [-0.4, -0.2) is 27.4 Å². The Morgan fingerprint density at radius 1 is 1.21 bits per heavy atom. The number of aromatic nitrogens is 3. The molecule has 1 aromatic carbocycles. The third-order valence-electron chi connectivity index (χ3n) is 3.91. The van der Waals surface area contributed by atoms with Gasteiger partial charge >= 0.3 is 0 Å². The van der Waals surface area contributed by atoms with Crippen LogP contribution < -0.4 is 5.32 Å². The van der Waals surface area contributed by atoms with Gasteiger partial charge in [-0.05, 0) is 30.3 Å². The fraction of sp³-hybridized carbons (Fsp3) is 0.118. The number of hydrogen-bond acceptors (Lipinski definition) is 3. The number of rotatable bonds is 2. The van der Waals surface area contributed by atoms with E-state index in [1.54, 1.807) is 24.4 Å². The van der Waals surface area contributed by atoms with E-state index in [0.717, 1.165) is 17.8 Å². The van der Waals surface area contributed by atoms with Crippen molar-refractivity contribution in [3.63, 3.8) is 0 Å². The lowest BCUT2D eigenvalue weighted by Gasteiger charge is -2.10. The highest BCUT2D eigenvalue weighted by Crippen LogP contribution is 2.26. The monoisotopic (exact) mass is 342 g/mol. The molecular formula is C17H12ClFN4O. The Labute approximate surface area is 141 Å². The van der Waals surface area contributed by atoms with Gasteiger partial charge in [0.25, 0.3) is 5.91 Å². The molecule has 1 aliphatic rings. The maximum Gasteiger partial charge on any atom is 0.253 e. The summed E-state index contributed by atoms with van der Waals surface area (Å²) in [6.45, 7) is 0.620. The molecule has 2 N–H and O–H groups in total. The smallest absolute Gasteiger partial charge is 0.253 e. The lowest BCUT2D eigenvalue weighted by molar-refractivity contribution is 0.0946. The van der Waals surface area contributed by atoms with Crippen molar-refractivity contribution in [3.8, 4) is 22.8 Å². The summed E-state index contributed by atoms with van der Waals surface area (Å²) < 4.78 is 13.3. The molecule has 0 saturated heterocycles. The second kappa shape index (κ2) is 5.72. The molecule has 3 aromatic rings. The number of amides is 1. The second-order valence-electron chi connectivity index (χ2n) is 5.48. The zero-order chi connectivity index (χ0) is 16.7. The molecule has 2 aromatic heterocycles. The summed E-state index contributed by atoms with van der Waals surface area (Å²) in [6, 6.07) is 7.89. The van der Waals surface area contributed by atoms with E-state index >= 15 is 0 Å². The Hall–Kier alpha value is -2.73. The van der Waals surface area contributed by atoms with Crippen LogP contribution in [-0.2, 0) is 6.42 Å². The molecule has 0 saturated carbocycles. The summed E-state index contributed by atoms with van der Waals surface area (Å²) in [6.07, 6.45) is 2.38. The van der Waals surface area contributed by atoms with Crippen LogP contribution in [0.5, 0.6) is 0 Å². The van der Waals surface area contributed by atoms with Gasteiger partial charge in [-0.25, -0.2) is 14.4 Å². The summed E-state index contributed by atoms with van der Waals surface area (Å²) in [7, 11) is 0. The van der Waals surface area contributed by atoms with Gasteiger partial charge in [0, 0.05) is 30.4 Å². The zero-order valence-electron chi connectivity index (χ0n) is 12.4. The first-order valence-corrected chi connectivity index (χ1v) is 7.78. The number of fused-ring (bicyclic) bond motifs is 1. The van der Waals surface area contributed by atoms with Crippen LogP contribution in [0, 0.1) is 5.82 Å². The van der Waals surface area contributed by atoms with E-state index in [-0.39, 0.29) is 10.9 Å². The summed E-state index contributed by atoms with van der Waals surface area (Å²) in [5.41, 5.74) is 3.56. The van der Waals surface area contributed by atoms with Crippen molar-refractivity contribution in [1.82, 2.24) is 20.3 Å². The largest absolute Gasteiger partial charge is 0.356 e. The maximum atomic E-state index is 13.3. The van der Waals surface area contributed by atoms with Gasteiger partial charge < -0.3 is 10.3 Å². The van der Waals surface area contributed by atoms with E-state index in [0.29, 0.717) is 29.2 Å². The number of nitrogens with zero attached hydrogens (tertiary/aromatic N) is 2. The first-order valence-electron chi connectivity index (χ1n) is 7.41. The van der Waals surface area contributed by atoms with Gasteiger partial charge in [-0.2, -0.15) is 0 Å². The van der Waals surface area contributed by atoms with Crippen molar-refractivity contribution in [2.45, 2.75) is 6.42 Å². The number of halogens is 2. The number of benzene rings is 1. The molecule has 5 nitrogen and oxygen atoms in total. The van der Waals surface area contributed by atoms with E-state index < -0.39 is 5.82 Å². The molecule has 1 amide bonds. The SMILES string of the molecule is O=C1NCCc2[nH]c(-c3ccnc(-c4ccc(F)c(Cl)c4)n3)cc21. The first kappa shape index (κ1) is 14.8. The molecule has 3 heterocycles. The normalized spacial score (nSPS) is 13.5. The Balaban J connectivity index is 1.75. The third kappa shape index (κ3) is 2.55. The fourth-order valence-corrected chi connectivity index (χ4v) is 2.89. The van der Waals surface area contributed by atoms with Gasteiger partial charge in [0.1, 0.15) is 5.82 Å². The zero-order valence-corrected chi connectivity index (χ0v) is 13.2. The second-order valence-corrected chi connectivity index (χ2v) is 5.88. The van der Waals surface area contributed by atoms with Gasteiger partial charge in [0.15, 0.2) is 5.82 Å². The van der Waals surface area contributed by atoms with Crippen LogP contribution in [0.1, 0.15) is 16.1 Å². The van der Waals surface area contributed by atoms with Gasteiger partial charge in [-0.15, -0.1) is 0 Å². The number of hydrogen-bond donors (Lipinski definition) is 2. The van der Waals surface area contributed by atoms with E-state index in [9.17, 15) is 9.18 Å². The highest BCUT2D eigenvalue weighted by molar-refractivity contribution is 6.31. The Morgan fingerprint density at radius 2 is 2.08 bits per heavy atom. The average Bonchev–Trinajstić information content (AvgIpc) is 3.03. The van der Waals surface area contributed by atoms with Crippen molar-refractivity contribution in [2.75, 3.05) is 6.54 Å². The molecule has 1 aliphatic heterocycles. The highest BCUT2D eigenvalue weighted by Gasteiger charge is 2.20. The molecular weight excluding hydrogens is 331 g/mol. The number of carbonyl (C=O) groups excluding carboxylic acids is 1. The van der Waals surface area contributed by atoms with Crippen molar-refractivity contribution in [2.24, 2.45) is 0 Å². The van der Waals surface area contributed by atoms with Gasteiger partial charge in [0.05, 0.1) is 22.0 Å². The van der Waals surface area contributed by atoms with Crippen molar-refractivity contribution in [1.29, 1.82) is 0 Å². The molecule has 0 radical (unpaired) electrons. The predicted octanol–water partition coefficient (Wildman–Crippen LogP) is 3.22. The van der Waals surface area contributed by atoms with Crippen molar-refractivity contribution < 1.29 is 9.18 Å². The Morgan fingerprint density at radius 3 is 2.88 bits per heavy atom. The summed E-state index contributed by atoms with van der Waals surface area (Å²) in [5, 5.41) is 2.83. The minimum absolute atomic E-state index is 0.0218. The van der Waals surface area contributed by atoms with E-state index in [4.69, 9.17) is 11.6 Å². The van der Waals surface area contributed by atoms with Gasteiger partial charge in [0.2, 0.25) is 0 Å². The van der Waals surface area contributed by atoms with Crippen molar-refractivity contribution in [3.05, 3.63) is 58.6 Å². The van der Waals surface area contributed by atoms with E-state index in [1.165, 1.54) is 12.1 Å². The lowest BCUT2D eigenvalue weighted by atomic mass is 10.1. The van der Waals surface area contributed by atoms with Crippen molar-refractivity contribution >= 4 is 17.5 Å². The highest BCUT2D eigenvalue weighted by atomic mass is 35.5. The van der Waals surface area contributed by atoms with Crippen LogP contribution in [0.2, 0.25) is 5.02 Å². The summed E-state index contributed by atoms with van der Waals surface area (Å²) >= 11 is 5.82. The number of H-pyrrole nitrogens is 1. The number of nitrogens with one attached hydrogen (secondary N) is 2. The Kier molecular flexibility index (Phi) is 3.54. The summed E-state index contributed by atoms with van der Waals surface area (Å²) in [5.74, 6) is -0.135. The van der Waals surface area contributed by atoms with Crippen LogP contribution in [0.4, 0.5) is 4.39 Å². The van der Waals surface area contributed by atoms with Gasteiger partial charge in [-0.1, -0.05) is 11.6 Å². The lowest BCUT2D eigenvalue weighted by Crippen LogP contribution is -2.31. The molecule has 0 atom stereocenters. The minimum Gasteiger partial charge on any atom is -0.356 e. The van der Waals surface area contributed by atoms with E-state index in [1.807, 2.05) is 0 Å². The van der Waals surface area contributed by atoms with Crippen LogP contribution >= 0.6 is 11.6 Å². The molecule has 0 bridgehead atoms. The third-order valence-corrected chi connectivity index (χ3v) is 4.20. The molecule has 24 heavy (non-hydrogen) atoms. The predicted molar refractivity (Wildman–Crippen MR) is 88.3 cm³/mol. The van der Waals surface area contributed by atoms with Crippen LogP contribution in [0.25, 0.3) is 22.8 Å². The number of aromatic amines is 1. The Bertz CT molecular complexity index is 954. The molecule has 0 unspecified atom stereocenters. The molecule has 7 heteroatoms. The molecule has 4 rings (SSSR count). The molecule has 0 aliphatic carbocycles. The number of carbonyl (C=O) groups is 1. The maximum absolute atomic E-state index is 13.3. The van der Waals surface area contributed by atoms with E-state index in [2.05, 4.69) is 20.3 Å². The van der Waals surface area contributed by atoms with Gasteiger partial charge in [-0.3, -0.25) is 4.79 Å². The van der Waals surface area contributed by atoms with Crippen LogP contribution in [0.15, 0.2) is 36.5 Å². The average molecular weight is 343 g/mol. The summed E-state index contributed by atoms with van der Waals surface area (Å²) in [4.78, 5) is 23.8. The topological polar surface area (TPSA) is 70.7 Å². The molecule has 120 valence electrons. The molecule has 0 spiro atoms. The quantitative estimate of drug-likeness (QED) is 0.751. The standard InChI is InChI=1S/C17H12ClFN4O/c18-11-7-9(1-2-12(11)19)16-20-5-4-14(23-16)15-8-10-13(22-15)3-6-21-17(10)24/h1-2,4-5,7-8,22H,3,6H2,(H,21,24). The first-order chi connectivity index (χ1) is 11.6. The van der Waals surface area contributed by atoms with Crippen LogP contribution in [0.3, 0.4) is 0 Å². The fourth-order valence-electron chi connectivity index (χ4n) is 2.71.